The minimum atomic E-state index is -4.60. The second-order valence-corrected chi connectivity index (χ2v) is 11.2. The number of imidazole rings is 1. The summed E-state index contributed by atoms with van der Waals surface area (Å²) in [7, 11) is 1.89. The molecule has 1 aliphatic heterocycles. The highest BCUT2D eigenvalue weighted by molar-refractivity contribution is 5.58. The first-order chi connectivity index (χ1) is 18.7. The van der Waals surface area contributed by atoms with Crippen molar-refractivity contribution >= 4 is 5.52 Å². The molecule has 0 spiro atoms. The van der Waals surface area contributed by atoms with Gasteiger partial charge in [0.05, 0.1) is 23.0 Å². The summed E-state index contributed by atoms with van der Waals surface area (Å²) in [4.78, 5) is 20.1. The Balaban J connectivity index is 1.42. The average molecular weight is 540 g/mol. The SMILES string of the molecule is C[C@H]1CCCN(Cc2cc(C(F)(F)F)c3cn(-c4cncc(C(c5nncn5C)C5CCC5)c4)c(=O)n3c2)C1. The molecule has 2 fully saturated rings. The highest BCUT2D eigenvalue weighted by atomic mass is 19.4. The van der Waals surface area contributed by atoms with E-state index in [1.807, 2.05) is 17.7 Å². The van der Waals surface area contributed by atoms with Gasteiger partial charge >= 0.3 is 11.9 Å². The van der Waals surface area contributed by atoms with Crippen molar-refractivity contribution in [1.82, 2.24) is 33.6 Å². The third-order valence-electron chi connectivity index (χ3n) is 8.30. The lowest BCUT2D eigenvalue weighted by molar-refractivity contribution is -0.136. The molecule has 4 aromatic heterocycles. The first-order valence-corrected chi connectivity index (χ1v) is 13.5. The molecule has 39 heavy (non-hydrogen) atoms. The van der Waals surface area contributed by atoms with Gasteiger partial charge in [-0.2, -0.15) is 13.2 Å². The molecule has 6 rings (SSSR count). The molecule has 4 aromatic rings. The number of fused-ring (bicyclic) bond motifs is 1. The van der Waals surface area contributed by atoms with Crippen molar-refractivity contribution in [3.63, 3.8) is 0 Å². The average Bonchev–Trinajstić information content (AvgIpc) is 3.43. The van der Waals surface area contributed by atoms with Gasteiger partial charge in [-0.15, -0.1) is 10.2 Å². The summed E-state index contributed by atoms with van der Waals surface area (Å²) in [5.74, 6) is 1.62. The molecule has 11 heteroatoms. The fourth-order valence-electron chi connectivity index (χ4n) is 6.16. The van der Waals surface area contributed by atoms with Crippen molar-refractivity contribution in [1.29, 1.82) is 0 Å². The second-order valence-electron chi connectivity index (χ2n) is 11.2. The molecule has 8 nitrogen and oxygen atoms in total. The number of likely N-dealkylation sites (tertiary alicyclic amines) is 1. The summed E-state index contributed by atoms with van der Waals surface area (Å²) in [6.07, 6.45) is 8.52. The third-order valence-corrected chi connectivity index (χ3v) is 8.30. The van der Waals surface area contributed by atoms with Gasteiger partial charge in [0.15, 0.2) is 0 Å². The van der Waals surface area contributed by atoms with Gasteiger partial charge in [-0.05, 0) is 67.3 Å². The molecule has 2 atom stereocenters. The van der Waals surface area contributed by atoms with Crippen LogP contribution in [0.15, 0.2) is 48.0 Å². The number of rotatable bonds is 6. The molecular weight excluding hydrogens is 507 g/mol. The molecule has 1 saturated carbocycles. The van der Waals surface area contributed by atoms with Crippen LogP contribution in [0.1, 0.15) is 67.5 Å². The summed E-state index contributed by atoms with van der Waals surface area (Å²) in [5.41, 5.74) is 0.234. The Kier molecular flexibility index (Phi) is 6.57. The number of alkyl halides is 3. The molecule has 0 N–H and O–H groups in total. The molecule has 0 bridgehead atoms. The Morgan fingerprint density at radius 3 is 2.59 bits per heavy atom. The topological polar surface area (TPSA) is 73.2 Å². The van der Waals surface area contributed by atoms with Crippen molar-refractivity contribution in [2.24, 2.45) is 18.9 Å². The summed E-state index contributed by atoms with van der Waals surface area (Å²) < 4.78 is 46.9. The number of hydrogen-bond donors (Lipinski definition) is 0. The summed E-state index contributed by atoms with van der Waals surface area (Å²) in [6.45, 7) is 4.20. The van der Waals surface area contributed by atoms with E-state index in [0.29, 0.717) is 29.6 Å². The smallest absolute Gasteiger partial charge is 0.320 e. The van der Waals surface area contributed by atoms with E-state index in [2.05, 4.69) is 27.0 Å². The van der Waals surface area contributed by atoms with Crippen LogP contribution in [0.25, 0.3) is 11.2 Å². The number of pyridine rings is 2. The van der Waals surface area contributed by atoms with Gasteiger partial charge in [0.2, 0.25) is 0 Å². The number of aromatic nitrogens is 6. The van der Waals surface area contributed by atoms with Crippen LogP contribution in [0.4, 0.5) is 13.2 Å². The predicted molar refractivity (Wildman–Crippen MR) is 140 cm³/mol. The number of piperidine rings is 1. The van der Waals surface area contributed by atoms with Crippen molar-refractivity contribution in [2.45, 2.75) is 57.7 Å². The predicted octanol–water partition coefficient (Wildman–Crippen LogP) is 4.80. The van der Waals surface area contributed by atoms with E-state index in [1.54, 1.807) is 18.7 Å². The molecule has 2 aliphatic rings. The van der Waals surface area contributed by atoms with Crippen molar-refractivity contribution in [3.05, 3.63) is 76.2 Å². The number of hydrogen-bond acceptors (Lipinski definition) is 5. The van der Waals surface area contributed by atoms with E-state index in [9.17, 15) is 18.0 Å². The van der Waals surface area contributed by atoms with Crippen LogP contribution in [0.3, 0.4) is 0 Å². The van der Waals surface area contributed by atoms with Gasteiger partial charge in [-0.25, -0.2) is 4.79 Å². The minimum Gasteiger partial charge on any atom is -0.320 e. The standard InChI is InChI=1S/C28H32F3N7O/c1-18-5-4-8-36(13-18)14-19-9-23(28(29,30)31)24-16-37(27(39)38(24)15-19)22-10-21(11-32-12-22)25(20-6-3-7-20)26-34-33-17-35(26)2/h9-12,15-18,20,25H,3-8,13-14H2,1-2H3/t18-,25?/m0/s1. The lowest BCUT2D eigenvalue weighted by Gasteiger charge is -2.33. The van der Waals surface area contributed by atoms with Crippen LogP contribution in [-0.2, 0) is 19.8 Å². The Morgan fingerprint density at radius 1 is 1.10 bits per heavy atom. The Morgan fingerprint density at radius 2 is 1.92 bits per heavy atom. The highest BCUT2D eigenvalue weighted by Gasteiger charge is 2.36. The van der Waals surface area contributed by atoms with Crippen molar-refractivity contribution < 1.29 is 13.2 Å². The first kappa shape index (κ1) is 25.8. The molecule has 206 valence electrons. The molecule has 5 heterocycles. The summed E-state index contributed by atoms with van der Waals surface area (Å²) in [6, 6.07) is 3.03. The zero-order valence-electron chi connectivity index (χ0n) is 22.1. The van der Waals surface area contributed by atoms with Crippen LogP contribution in [0, 0.1) is 11.8 Å². The van der Waals surface area contributed by atoms with Gasteiger partial charge in [-0.1, -0.05) is 13.3 Å². The zero-order valence-corrected chi connectivity index (χ0v) is 22.1. The molecule has 0 radical (unpaired) electrons. The monoisotopic (exact) mass is 539 g/mol. The van der Waals surface area contributed by atoms with E-state index in [-0.39, 0.29) is 11.4 Å². The van der Waals surface area contributed by atoms with Gasteiger partial charge < -0.3 is 4.57 Å². The number of nitrogens with zero attached hydrogens (tertiary/aromatic N) is 7. The Bertz CT molecular complexity index is 1550. The maximum atomic E-state index is 14.2. The van der Waals surface area contributed by atoms with Crippen LogP contribution in [0.2, 0.25) is 0 Å². The first-order valence-electron chi connectivity index (χ1n) is 13.5. The van der Waals surface area contributed by atoms with Crippen LogP contribution in [0.5, 0.6) is 0 Å². The molecule has 0 aromatic carbocycles. The molecule has 1 unspecified atom stereocenters. The van der Waals surface area contributed by atoms with E-state index >= 15 is 0 Å². The molecule has 1 aliphatic carbocycles. The van der Waals surface area contributed by atoms with Crippen LogP contribution in [-0.4, -0.2) is 46.7 Å². The second kappa shape index (κ2) is 9.93. The van der Waals surface area contributed by atoms with Crippen molar-refractivity contribution in [2.75, 3.05) is 13.1 Å². The maximum absolute atomic E-state index is 14.2. The minimum absolute atomic E-state index is 0.0595. The Labute approximate surface area is 224 Å². The largest absolute Gasteiger partial charge is 0.418 e. The number of aryl methyl sites for hydroxylation is 1. The van der Waals surface area contributed by atoms with Gasteiger partial charge in [0.25, 0.3) is 0 Å². The van der Waals surface area contributed by atoms with E-state index in [4.69, 9.17) is 0 Å². The fraction of sp³-hybridized carbons (Fsp3) is 0.500. The van der Waals surface area contributed by atoms with Gasteiger partial charge in [0, 0.05) is 44.6 Å². The number of halogens is 3. The third kappa shape index (κ3) is 4.88. The summed E-state index contributed by atoms with van der Waals surface area (Å²) >= 11 is 0. The lowest BCUT2D eigenvalue weighted by Crippen LogP contribution is -2.34. The highest BCUT2D eigenvalue weighted by Crippen LogP contribution is 2.42. The van der Waals surface area contributed by atoms with E-state index < -0.39 is 17.4 Å². The van der Waals surface area contributed by atoms with Crippen LogP contribution >= 0.6 is 0 Å². The van der Waals surface area contributed by atoms with Gasteiger partial charge in [0.1, 0.15) is 12.2 Å². The molecular formula is C28H32F3N7O. The molecule has 0 amide bonds. The Hall–Kier alpha value is -3.47. The van der Waals surface area contributed by atoms with Gasteiger partial charge in [-0.3, -0.25) is 18.9 Å². The van der Waals surface area contributed by atoms with Crippen molar-refractivity contribution in [3.8, 4) is 5.69 Å². The van der Waals surface area contributed by atoms with E-state index in [0.717, 1.165) is 61.0 Å². The maximum Gasteiger partial charge on any atom is 0.418 e. The van der Waals surface area contributed by atoms with E-state index in [1.165, 1.54) is 23.0 Å². The molecule has 1 saturated heterocycles. The zero-order chi connectivity index (χ0) is 27.3. The lowest BCUT2D eigenvalue weighted by atomic mass is 9.73. The fourth-order valence-corrected chi connectivity index (χ4v) is 6.16. The normalized spacial score (nSPS) is 19.9. The van der Waals surface area contributed by atoms with Crippen LogP contribution < -0.4 is 5.69 Å². The quantitative estimate of drug-likeness (QED) is 0.352. The summed E-state index contributed by atoms with van der Waals surface area (Å²) in [5, 5.41) is 8.38.